The van der Waals surface area contributed by atoms with Crippen molar-refractivity contribution < 1.29 is 4.74 Å². The number of ether oxygens (including phenoxy) is 1. The molecule has 0 amide bonds. The SMILES string of the molecule is CCNC(=NCC(C)(C)Cc1ccccc1)NCC1CCCO1. The number of nitrogens with zero attached hydrogens (tertiary/aromatic N) is 1. The number of aliphatic imine (C=N–C) groups is 1. The van der Waals surface area contributed by atoms with Crippen LogP contribution in [-0.4, -0.2) is 38.3 Å². The second kappa shape index (κ2) is 8.92. The van der Waals surface area contributed by atoms with Gasteiger partial charge in [0.25, 0.3) is 0 Å². The molecule has 1 saturated heterocycles. The third-order valence-electron chi connectivity index (χ3n) is 4.06. The molecule has 23 heavy (non-hydrogen) atoms. The third-order valence-corrected chi connectivity index (χ3v) is 4.06. The van der Waals surface area contributed by atoms with Crippen LogP contribution in [0.15, 0.2) is 35.3 Å². The number of hydrogen-bond donors (Lipinski definition) is 2. The molecule has 1 fully saturated rings. The summed E-state index contributed by atoms with van der Waals surface area (Å²) in [4.78, 5) is 4.78. The largest absolute Gasteiger partial charge is 0.376 e. The van der Waals surface area contributed by atoms with Crippen molar-refractivity contribution in [2.75, 3.05) is 26.2 Å². The van der Waals surface area contributed by atoms with Crippen molar-refractivity contribution in [3.05, 3.63) is 35.9 Å². The quantitative estimate of drug-likeness (QED) is 0.600. The molecule has 0 aliphatic carbocycles. The zero-order valence-corrected chi connectivity index (χ0v) is 14.8. The molecule has 0 saturated carbocycles. The normalized spacial score (nSPS) is 18.9. The first-order chi connectivity index (χ1) is 11.1. The predicted octanol–water partition coefficient (Wildman–Crippen LogP) is 2.99. The summed E-state index contributed by atoms with van der Waals surface area (Å²) in [7, 11) is 0. The fourth-order valence-electron chi connectivity index (χ4n) is 2.86. The van der Waals surface area contributed by atoms with E-state index in [0.29, 0.717) is 6.10 Å². The molecule has 1 heterocycles. The van der Waals surface area contributed by atoms with Crippen molar-refractivity contribution in [3.8, 4) is 0 Å². The van der Waals surface area contributed by atoms with Crippen LogP contribution < -0.4 is 10.6 Å². The maximum absolute atomic E-state index is 5.66. The summed E-state index contributed by atoms with van der Waals surface area (Å²) in [5.74, 6) is 0.893. The lowest BCUT2D eigenvalue weighted by Crippen LogP contribution is -2.41. The fraction of sp³-hybridized carbons (Fsp3) is 0.632. The summed E-state index contributed by atoms with van der Waals surface area (Å²) >= 11 is 0. The molecule has 4 heteroatoms. The van der Waals surface area contributed by atoms with Gasteiger partial charge in [0, 0.05) is 26.2 Å². The Balaban J connectivity index is 1.86. The highest BCUT2D eigenvalue weighted by atomic mass is 16.5. The molecular formula is C19H31N3O. The van der Waals surface area contributed by atoms with E-state index in [2.05, 4.69) is 61.7 Å². The van der Waals surface area contributed by atoms with Crippen LogP contribution in [-0.2, 0) is 11.2 Å². The van der Waals surface area contributed by atoms with E-state index in [4.69, 9.17) is 9.73 Å². The van der Waals surface area contributed by atoms with Gasteiger partial charge >= 0.3 is 0 Å². The Morgan fingerprint density at radius 3 is 2.70 bits per heavy atom. The molecule has 1 aromatic rings. The molecule has 0 spiro atoms. The minimum atomic E-state index is 0.133. The Bertz CT molecular complexity index is 479. The van der Waals surface area contributed by atoms with Gasteiger partial charge in [-0.3, -0.25) is 4.99 Å². The Hall–Kier alpha value is -1.55. The van der Waals surface area contributed by atoms with Crippen LogP contribution in [0.3, 0.4) is 0 Å². The molecule has 2 rings (SSSR count). The molecule has 2 N–H and O–H groups in total. The van der Waals surface area contributed by atoms with Crippen molar-refractivity contribution in [1.29, 1.82) is 0 Å². The smallest absolute Gasteiger partial charge is 0.191 e. The summed E-state index contributed by atoms with van der Waals surface area (Å²) in [6, 6.07) is 10.6. The van der Waals surface area contributed by atoms with Gasteiger partial charge in [-0.25, -0.2) is 0 Å². The molecule has 1 aromatic carbocycles. The van der Waals surface area contributed by atoms with Crippen LogP contribution in [0.4, 0.5) is 0 Å². The van der Waals surface area contributed by atoms with Crippen LogP contribution in [0, 0.1) is 5.41 Å². The second-order valence-electron chi connectivity index (χ2n) is 7.04. The molecule has 1 aliphatic rings. The molecule has 0 aromatic heterocycles. The number of hydrogen-bond acceptors (Lipinski definition) is 2. The Labute approximate surface area is 140 Å². The first-order valence-electron chi connectivity index (χ1n) is 8.77. The lowest BCUT2D eigenvalue weighted by molar-refractivity contribution is 0.114. The highest BCUT2D eigenvalue weighted by Crippen LogP contribution is 2.22. The molecule has 128 valence electrons. The van der Waals surface area contributed by atoms with Gasteiger partial charge in [-0.1, -0.05) is 44.2 Å². The summed E-state index contributed by atoms with van der Waals surface area (Å²) in [6.07, 6.45) is 3.68. The van der Waals surface area contributed by atoms with Crippen molar-refractivity contribution in [2.24, 2.45) is 10.4 Å². The third kappa shape index (κ3) is 6.61. The maximum atomic E-state index is 5.66. The molecule has 0 bridgehead atoms. The Morgan fingerprint density at radius 2 is 2.04 bits per heavy atom. The van der Waals surface area contributed by atoms with E-state index in [1.54, 1.807) is 0 Å². The number of nitrogens with one attached hydrogen (secondary N) is 2. The van der Waals surface area contributed by atoms with Gasteiger partial charge in [-0.2, -0.15) is 0 Å². The number of guanidine groups is 1. The number of rotatable bonds is 7. The summed E-state index contributed by atoms with van der Waals surface area (Å²) in [5, 5.41) is 6.74. The summed E-state index contributed by atoms with van der Waals surface area (Å²) in [5.41, 5.74) is 1.50. The predicted molar refractivity (Wildman–Crippen MR) is 96.9 cm³/mol. The van der Waals surface area contributed by atoms with Crippen molar-refractivity contribution in [3.63, 3.8) is 0 Å². The summed E-state index contributed by atoms with van der Waals surface area (Å²) < 4.78 is 5.66. The van der Waals surface area contributed by atoms with E-state index in [9.17, 15) is 0 Å². The average molecular weight is 317 g/mol. The highest BCUT2D eigenvalue weighted by molar-refractivity contribution is 5.79. The first-order valence-corrected chi connectivity index (χ1v) is 8.77. The van der Waals surface area contributed by atoms with Crippen LogP contribution in [0.25, 0.3) is 0 Å². The van der Waals surface area contributed by atoms with Gasteiger partial charge in [0.15, 0.2) is 5.96 Å². The van der Waals surface area contributed by atoms with Gasteiger partial charge in [0.05, 0.1) is 6.10 Å². The standard InChI is InChI=1S/C19H31N3O/c1-4-20-18(21-14-17-11-8-12-23-17)22-15-19(2,3)13-16-9-6-5-7-10-16/h5-7,9-10,17H,4,8,11-15H2,1-3H3,(H2,20,21,22). The zero-order chi connectivity index (χ0) is 16.5. The van der Waals surface area contributed by atoms with Crippen LogP contribution in [0.1, 0.15) is 39.2 Å². The van der Waals surface area contributed by atoms with Gasteiger partial charge in [0.1, 0.15) is 0 Å². The highest BCUT2D eigenvalue weighted by Gasteiger charge is 2.19. The van der Waals surface area contributed by atoms with Gasteiger partial charge in [-0.05, 0) is 37.2 Å². The van der Waals surface area contributed by atoms with E-state index in [1.807, 2.05) is 0 Å². The molecule has 1 atom stereocenters. The minimum absolute atomic E-state index is 0.133. The van der Waals surface area contributed by atoms with Gasteiger partial charge in [-0.15, -0.1) is 0 Å². The first kappa shape index (κ1) is 17.8. The Morgan fingerprint density at radius 1 is 1.26 bits per heavy atom. The molecule has 4 nitrogen and oxygen atoms in total. The monoisotopic (exact) mass is 317 g/mol. The second-order valence-corrected chi connectivity index (χ2v) is 7.04. The molecule has 0 radical (unpaired) electrons. The average Bonchev–Trinajstić information content (AvgIpc) is 3.04. The van der Waals surface area contributed by atoms with Crippen LogP contribution in [0.2, 0.25) is 0 Å². The number of benzene rings is 1. The van der Waals surface area contributed by atoms with E-state index >= 15 is 0 Å². The molecular weight excluding hydrogens is 286 g/mol. The van der Waals surface area contributed by atoms with E-state index < -0.39 is 0 Å². The van der Waals surface area contributed by atoms with Crippen molar-refractivity contribution >= 4 is 5.96 Å². The van der Waals surface area contributed by atoms with Crippen LogP contribution >= 0.6 is 0 Å². The topological polar surface area (TPSA) is 45.7 Å². The van der Waals surface area contributed by atoms with Gasteiger partial charge < -0.3 is 15.4 Å². The van der Waals surface area contributed by atoms with Crippen molar-refractivity contribution in [2.45, 2.75) is 46.1 Å². The minimum Gasteiger partial charge on any atom is -0.376 e. The summed E-state index contributed by atoms with van der Waals surface area (Å²) in [6.45, 7) is 10.0. The van der Waals surface area contributed by atoms with Crippen LogP contribution in [0.5, 0.6) is 0 Å². The Kier molecular flexibility index (Phi) is 6.90. The van der Waals surface area contributed by atoms with Crippen molar-refractivity contribution in [1.82, 2.24) is 10.6 Å². The van der Waals surface area contributed by atoms with Gasteiger partial charge in [0.2, 0.25) is 0 Å². The molecule has 1 unspecified atom stereocenters. The van der Waals surface area contributed by atoms with E-state index in [1.165, 1.54) is 12.0 Å². The zero-order valence-electron chi connectivity index (χ0n) is 14.8. The van der Waals surface area contributed by atoms with E-state index in [-0.39, 0.29) is 5.41 Å². The maximum Gasteiger partial charge on any atom is 0.191 e. The fourth-order valence-corrected chi connectivity index (χ4v) is 2.86. The van der Waals surface area contributed by atoms with E-state index in [0.717, 1.165) is 45.0 Å². The molecule has 1 aliphatic heterocycles. The lowest BCUT2D eigenvalue weighted by Gasteiger charge is -2.23. The lowest BCUT2D eigenvalue weighted by atomic mass is 9.86.